The topological polar surface area (TPSA) is 6.25 Å². The monoisotopic (exact) mass is 290 g/mol. The van der Waals surface area contributed by atoms with Gasteiger partial charge in [-0.05, 0) is 5.56 Å². The van der Waals surface area contributed by atoms with Crippen LogP contribution in [-0.4, -0.2) is 51.1 Å². The normalized spacial score (nSPS) is 11.3. The summed E-state index contributed by atoms with van der Waals surface area (Å²) in [5.74, 6) is 0. The first-order valence-corrected chi connectivity index (χ1v) is 5.93. The first-order valence-electron chi connectivity index (χ1n) is 5.93. The fourth-order valence-electron chi connectivity index (χ4n) is 1.33. The minimum Gasteiger partial charge on any atom is -0.418 e. The van der Waals surface area contributed by atoms with Gasteiger partial charge < -0.3 is 22.2 Å². The van der Waals surface area contributed by atoms with Gasteiger partial charge in [0.2, 0.25) is 0 Å². The van der Waals surface area contributed by atoms with Crippen LogP contribution in [-0.2, 0) is 0 Å². The Morgan fingerprint density at radius 1 is 1.05 bits per heavy atom. The highest BCUT2D eigenvalue weighted by Gasteiger charge is 2.20. The maximum Gasteiger partial charge on any atom is 0.673 e. The molecule has 20 heavy (non-hydrogen) atoms. The summed E-state index contributed by atoms with van der Waals surface area (Å²) in [4.78, 5) is 2.12. The first-order chi connectivity index (χ1) is 9.11. The van der Waals surface area contributed by atoms with Crippen molar-refractivity contribution in [2.75, 3.05) is 28.2 Å². The summed E-state index contributed by atoms with van der Waals surface area (Å²) in [6.45, 7) is 0. The highest BCUT2D eigenvalue weighted by atomic mass is 19.5. The van der Waals surface area contributed by atoms with Gasteiger partial charge in [-0.25, -0.2) is 4.58 Å². The number of benzene rings is 1. The lowest BCUT2D eigenvalue weighted by Gasteiger charge is -2.16. The van der Waals surface area contributed by atoms with E-state index < -0.39 is 7.25 Å². The minimum absolute atomic E-state index is 1.21. The average molecular weight is 290 g/mol. The van der Waals surface area contributed by atoms with Gasteiger partial charge >= 0.3 is 7.25 Å². The molecule has 1 aromatic rings. The Kier molecular flexibility index (Phi) is 7.65. The molecule has 0 aliphatic carbocycles. The van der Waals surface area contributed by atoms with E-state index in [-0.39, 0.29) is 0 Å². The average Bonchev–Trinajstić information content (AvgIpc) is 2.27. The molecule has 0 bridgehead atoms. The van der Waals surface area contributed by atoms with E-state index in [1.54, 1.807) is 0 Å². The zero-order valence-electron chi connectivity index (χ0n) is 12.0. The van der Waals surface area contributed by atoms with E-state index in [9.17, 15) is 17.3 Å². The zero-order chi connectivity index (χ0) is 15.8. The number of allylic oxidation sites excluding steroid dienone is 1. The summed E-state index contributed by atoms with van der Waals surface area (Å²) in [5.41, 5.74) is 2.45. The second kappa shape index (κ2) is 8.40. The van der Waals surface area contributed by atoms with Gasteiger partial charge in [-0.2, -0.15) is 0 Å². The third-order valence-electron chi connectivity index (χ3n) is 2.08. The van der Waals surface area contributed by atoms with Gasteiger partial charge in [0.05, 0.1) is 0 Å². The van der Waals surface area contributed by atoms with Crippen LogP contribution in [0.2, 0.25) is 0 Å². The van der Waals surface area contributed by atoms with Crippen molar-refractivity contribution in [1.82, 2.24) is 4.90 Å². The molecule has 0 saturated heterocycles. The Morgan fingerprint density at radius 3 is 1.85 bits per heavy atom. The van der Waals surface area contributed by atoms with Gasteiger partial charge in [0, 0.05) is 25.9 Å². The largest absolute Gasteiger partial charge is 0.673 e. The molecule has 7 heteroatoms. The molecule has 0 atom stereocenters. The summed E-state index contributed by atoms with van der Waals surface area (Å²) in [7, 11) is 2.16. The summed E-state index contributed by atoms with van der Waals surface area (Å²) in [5, 5.41) is 0. The van der Waals surface area contributed by atoms with Crippen LogP contribution in [0.25, 0.3) is 5.70 Å². The Bertz CT molecular complexity index is 443. The lowest BCUT2D eigenvalue weighted by Crippen LogP contribution is -2.11. The van der Waals surface area contributed by atoms with Crippen LogP contribution in [0.4, 0.5) is 17.3 Å². The van der Waals surface area contributed by atoms with Gasteiger partial charge in [-0.3, -0.25) is 0 Å². The molecule has 0 fully saturated rings. The van der Waals surface area contributed by atoms with Gasteiger partial charge in [0.25, 0.3) is 0 Å². The molecule has 0 aromatic heterocycles. The van der Waals surface area contributed by atoms with Crippen LogP contribution in [0.1, 0.15) is 5.56 Å². The van der Waals surface area contributed by atoms with Crippen LogP contribution in [0.15, 0.2) is 36.4 Å². The van der Waals surface area contributed by atoms with Crippen LogP contribution < -0.4 is 0 Å². The standard InChI is InChI=1S/C13H19N2.BF4/c1-14(2)11-10-13(15(3)4)12-8-6-5-7-9-12;2-1(3,4)5/h5-11H,1-4H3;/q+1;-1. The predicted octanol–water partition coefficient (Wildman–Crippen LogP) is 3.23. The fourth-order valence-corrected chi connectivity index (χ4v) is 1.33. The maximum atomic E-state index is 9.75. The second-order valence-corrected chi connectivity index (χ2v) is 4.42. The third-order valence-corrected chi connectivity index (χ3v) is 2.08. The van der Waals surface area contributed by atoms with Crippen LogP contribution in [0.5, 0.6) is 0 Å². The van der Waals surface area contributed by atoms with Crippen molar-refractivity contribution in [3.8, 4) is 0 Å². The highest BCUT2D eigenvalue weighted by molar-refractivity contribution is 6.50. The molecule has 1 aromatic carbocycles. The highest BCUT2D eigenvalue weighted by Crippen LogP contribution is 2.14. The van der Waals surface area contributed by atoms with E-state index in [2.05, 4.69) is 55.6 Å². The molecule has 0 saturated carbocycles. The van der Waals surface area contributed by atoms with E-state index in [1.807, 2.05) is 24.7 Å². The zero-order valence-corrected chi connectivity index (χ0v) is 12.0. The molecule has 0 aliphatic rings. The molecule has 1 rings (SSSR count). The van der Waals surface area contributed by atoms with Crippen molar-refractivity contribution in [2.45, 2.75) is 0 Å². The molecular formula is C13H19BF4N2. The summed E-state index contributed by atoms with van der Waals surface area (Å²) in [6, 6.07) is 10.4. The number of nitrogens with zero attached hydrogens (tertiary/aromatic N) is 2. The van der Waals surface area contributed by atoms with Crippen molar-refractivity contribution in [1.29, 1.82) is 0 Å². The molecule has 0 N–H and O–H groups in total. The van der Waals surface area contributed by atoms with Gasteiger partial charge in [-0.1, -0.05) is 30.3 Å². The van der Waals surface area contributed by atoms with Crippen molar-refractivity contribution in [3.63, 3.8) is 0 Å². The SMILES string of the molecule is CN(C)C(=CC=[N+](C)C)c1ccccc1.F[B-](F)(F)F. The fraction of sp³-hybridized carbons (Fsp3) is 0.308. The number of rotatable bonds is 3. The summed E-state index contributed by atoms with van der Waals surface area (Å²) < 4.78 is 41.0. The number of hydrogen-bond acceptors (Lipinski definition) is 1. The van der Waals surface area contributed by atoms with E-state index in [4.69, 9.17) is 0 Å². The van der Waals surface area contributed by atoms with Crippen LogP contribution in [0.3, 0.4) is 0 Å². The van der Waals surface area contributed by atoms with E-state index in [0.29, 0.717) is 0 Å². The van der Waals surface area contributed by atoms with Crippen LogP contribution >= 0.6 is 0 Å². The van der Waals surface area contributed by atoms with Crippen molar-refractivity contribution in [2.24, 2.45) is 0 Å². The quantitative estimate of drug-likeness (QED) is 0.358. The molecule has 0 radical (unpaired) electrons. The number of hydrogen-bond donors (Lipinski definition) is 0. The summed E-state index contributed by atoms with van der Waals surface area (Å²) >= 11 is 0. The second-order valence-electron chi connectivity index (χ2n) is 4.42. The molecule has 0 spiro atoms. The van der Waals surface area contributed by atoms with Gasteiger partial charge in [0.1, 0.15) is 14.1 Å². The van der Waals surface area contributed by atoms with Crippen molar-refractivity contribution >= 4 is 19.2 Å². The maximum absolute atomic E-state index is 9.75. The van der Waals surface area contributed by atoms with E-state index in [0.717, 1.165) is 0 Å². The van der Waals surface area contributed by atoms with Gasteiger partial charge in [0.15, 0.2) is 6.21 Å². The third kappa shape index (κ3) is 10.2. The van der Waals surface area contributed by atoms with Crippen LogP contribution in [0, 0.1) is 0 Å². The molecular weight excluding hydrogens is 271 g/mol. The Morgan fingerprint density at radius 2 is 1.50 bits per heavy atom. The Labute approximate surface area is 117 Å². The van der Waals surface area contributed by atoms with Gasteiger partial charge in [-0.15, -0.1) is 0 Å². The van der Waals surface area contributed by atoms with E-state index in [1.165, 1.54) is 11.3 Å². The molecule has 0 aliphatic heterocycles. The molecule has 112 valence electrons. The Balaban J connectivity index is 0.000000621. The van der Waals surface area contributed by atoms with Crippen molar-refractivity contribution in [3.05, 3.63) is 42.0 Å². The molecule has 0 unspecified atom stereocenters. The van der Waals surface area contributed by atoms with E-state index >= 15 is 0 Å². The summed E-state index contributed by atoms with van der Waals surface area (Å²) in [6.07, 6.45) is 4.18. The first kappa shape index (κ1) is 18.2. The molecule has 0 heterocycles. The number of halogens is 4. The minimum atomic E-state index is -6.00. The lowest BCUT2D eigenvalue weighted by atomic mass is 10.1. The smallest absolute Gasteiger partial charge is 0.418 e. The lowest BCUT2D eigenvalue weighted by molar-refractivity contribution is -0.458. The van der Waals surface area contributed by atoms with Crippen molar-refractivity contribution < 1.29 is 21.8 Å². The molecule has 0 amide bonds. The molecule has 2 nitrogen and oxygen atoms in total. The predicted molar refractivity (Wildman–Crippen MR) is 76.5 cm³/mol. The Hall–Kier alpha value is -1.79.